The Morgan fingerprint density at radius 1 is 1.33 bits per heavy atom. The van der Waals surface area contributed by atoms with Crippen molar-refractivity contribution in [3.8, 4) is 11.5 Å². The van der Waals surface area contributed by atoms with Crippen molar-refractivity contribution in [2.24, 2.45) is 0 Å². The maximum Gasteiger partial charge on any atom is 0.261 e. The molecule has 0 atom stereocenters. The first-order chi connectivity index (χ1) is 7.07. The van der Waals surface area contributed by atoms with Gasteiger partial charge in [-0.2, -0.15) is 0 Å². The zero-order valence-electron chi connectivity index (χ0n) is 7.42. The summed E-state index contributed by atoms with van der Waals surface area (Å²) in [5.74, 6) is 0.358. The van der Waals surface area contributed by atoms with E-state index in [1.54, 1.807) is 12.1 Å². The van der Waals surface area contributed by atoms with E-state index in [4.69, 9.17) is 15.1 Å². The third kappa shape index (κ3) is 2.19. The summed E-state index contributed by atoms with van der Waals surface area (Å²) in [5.41, 5.74) is 0.571. The Hall–Kier alpha value is -1.33. The van der Waals surface area contributed by atoms with Gasteiger partial charge in [-0.1, -0.05) is 6.07 Å². The summed E-state index contributed by atoms with van der Waals surface area (Å²) in [6.45, 7) is 0. The van der Waals surface area contributed by atoms with Gasteiger partial charge in [-0.05, 0) is 18.2 Å². The molecule has 0 aliphatic heterocycles. The molecular weight excluding hydrogens is 238 g/mol. The average molecular weight is 244 g/mol. The predicted molar refractivity (Wildman–Crippen MR) is 55.0 cm³/mol. The second kappa shape index (κ2) is 3.67. The van der Waals surface area contributed by atoms with Crippen LogP contribution in [0.4, 0.5) is 0 Å². The van der Waals surface area contributed by atoms with Crippen LogP contribution in [-0.4, -0.2) is 13.4 Å². The standard InChI is InChI=1S/C9H6ClNO3S/c10-15(12,13)8-3-1-2-7(6-8)9-11-4-5-14-9/h1-6H. The van der Waals surface area contributed by atoms with Gasteiger partial charge in [0, 0.05) is 16.2 Å². The van der Waals surface area contributed by atoms with Crippen molar-refractivity contribution in [2.45, 2.75) is 4.90 Å². The highest BCUT2D eigenvalue weighted by atomic mass is 35.7. The Morgan fingerprint density at radius 3 is 2.73 bits per heavy atom. The van der Waals surface area contributed by atoms with E-state index in [9.17, 15) is 8.42 Å². The molecule has 2 rings (SSSR count). The lowest BCUT2D eigenvalue weighted by Gasteiger charge is -1.98. The molecule has 0 spiro atoms. The predicted octanol–water partition coefficient (Wildman–Crippen LogP) is 2.27. The molecule has 0 amide bonds. The first kappa shape index (κ1) is 10.2. The van der Waals surface area contributed by atoms with Gasteiger partial charge in [0.1, 0.15) is 6.26 Å². The Kier molecular flexibility index (Phi) is 2.50. The lowest BCUT2D eigenvalue weighted by atomic mass is 10.2. The third-order valence-corrected chi connectivity index (χ3v) is 3.15. The summed E-state index contributed by atoms with van der Waals surface area (Å²) in [6, 6.07) is 6.09. The second-order valence-electron chi connectivity index (χ2n) is 2.80. The molecule has 0 bridgehead atoms. The van der Waals surface area contributed by atoms with Crippen LogP contribution in [-0.2, 0) is 9.05 Å². The fraction of sp³-hybridized carbons (Fsp3) is 0. The van der Waals surface area contributed by atoms with Crippen LogP contribution >= 0.6 is 10.7 Å². The molecule has 2 aromatic rings. The SMILES string of the molecule is O=S(=O)(Cl)c1cccc(-c2ncco2)c1. The van der Waals surface area contributed by atoms with Crippen LogP contribution in [0.2, 0.25) is 0 Å². The van der Waals surface area contributed by atoms with Crippen molar-refractivity contribution in [3.63, 3.8) is 0 Å². The van der Waals surface area contributed by atoms with E-state index in [-0.39, 0.29) is 4.90 Å². The fourth-order valence-corrected chi connectivity index (χ4v) is 1.94. The molecule has 1 aromatic carbocycles. The highest BCUT2D eigenvalue weighted by molar-refractivity contribution is 8.13. The van der Waals surface area contributed by atoms with E-state index in [0.29, 0.717) is 11.5 Å². The van der Waals surface area contributed by atoms with Crippen LogP contribution in [0.5, 0.6) is 0 Å². The summed E-state index contributed by atoms with van der Waals surface area (Å²) >= 11 is 0. The lowest BCUT2D eigenvalue weighted by Crippen LogP contribution is -1.90. The highest BCUT2D eigenvalue weighted by Gasteiger charge is 2.11. The van der Waals surface area contributed by atoms with Gasteiger partial charge in [0.25, 0.3) is 9.05 Å². The van der Waals surface area contributed by atoms with Crippen LogP contribution in [0.1, 0.15) is 0 Å². The smallest absolute Gasteiger partial charge is 0.261 e. The molecule has 0 radical (unpaired) electrons. The second-order valence-corrected chi connectivity index (χ2v) is 5.37. The van der Waals surface area contributed by atoms with Crippen LogP contribution < -0.4 is 0 Å². The van der Waals surface area contributed by atoms with Crippen molar-refractivity contribution in [3.05, 3.63) is 36.7 Å². The summed E-state index contributed by atoms with van der Waals surface area (Å²) in [5, 5.41) is 0. The molecule has 4 nitrogen and oxygen atoms in total. The minimum atomic E-state index is -3.71. The van der Waals surface area contributed by atoms with Crippen molar-refractivity contribution in [1.29, 1.82) is 0 Å². The molecule has 78 valence electrons. The Balaban J connectivity index is 2.53. The molecule has 0 N–H and O–H groups in total. The molecule has 0 aliphatic rings. The van der Waals surface area contributed by atoms with Crippen molar-refractivity contribution in [1.82, 2.24) is 4.98 Å². The van der Waals surface area contributed by atoms with Crippen molar-refractivity contribution < 1.29 is 12.8 Å². The molecule has 1 aromatic heterocycles. The highest BCUT2D eigenvalue weighted by Crippen LogP contribution is 2.22. The number of halogens is 1. The molecular formula is C9H6ClNO3S. The molecule has 15 heavy (non-hydrogen) atoms. The first-order valence-corrected chi connectivity index (χ1v) is 6.33. The van der Waals surface area contributed by atoms with Gasteiger partial charge in [0.05, 0.1) is 11.1 Å². The van der Waals surface area contributed by atoms with Crippen LogP contribution in [0.3, 0.4) is 0 Å². The van der Waals surface area contributed by atoms with Gasteiger partial charge < -0.3 is 4.42 Å². The molecule has 0 fully saturated rings. The Labute approximate surface area is 90.9 Å². The van der Waals surface area contributed by atoms with E-state index < -0.39 is 9.05 Å². The summed E-state index contributed by atoms with van der Waals surface area (Å²) in [7, 11) is 1.50. The molecule has 0 saturated carbocycles. The number of aromatic nitrogens is 1. The molecule has 0 unspecified atom stereocenters. The molecule has 0 aliphatic carbocycles. The van der Waals surface area contributed by atoms with Gasteiger partial charge in [0.2, 0.25) is 5.89 Å². The van der Waals surface area contributed by atoms with Gasteiger partial charge in [-0.3, -0.25) is 0 Å². The lowest BCUT2D eigenvalue weighted by molar-refractivity contribution is 0.574. The van der Waals surface area contributed by atoms with E-state index in [1.807, 2.05) is 0 Å². The molecule has 0 saturated heterocycles. The van der Waals surface area contributed by atoms with Gasteiger partial charge in [-0.25, -0.2) is 13.4 Å². The minimum Gasteiger partial charge on any atom is -0.445 e. The third-order valence-electron chi connectivity index (χ3n) is 1.79. The van der Waals surface area contributed by atoms with Crippen molar-refractivity contribution >= 4 is 19.7 Å². The van der Waals surface area contributed by atoms with E-state index in [0.717, 1.165) is 0 Å². The monoisotopic (exact) mass is 243 g/mol. The quantitative estimate of drug-likeness (QED) is 0.759. The van der Waals surface area contributed by atoms with E-state index in [1.165, 1.54) is 24.6 Å². The zero-order chi connectivity index (χ0) is 10.9. The minimum absolute atomic E-state index is 0.0277. The number of hydrogen-bond donors (Lipinski definition) is 0. The number of oxazole rings is 1. The average Bonchev–Trinajstić information content (AvgIpc) is 2.69. The maximum atomic E-state index is 11.1. The van der Waals surface area contributed by atoms with Crippen LogP contribution in [0.15, 0.2) is 46.0 Å². The largest absolute Gasteiger partial charge is 0.445 e. The van der Waals surface area contributed by atoms with Gasteiger partial charge >= 0.3 is 0 Å². The maximum absolute atomic E-state index is 11.1. The normalized spacial score (nSPS) is 11.5. The van der Waals surface area contributed by atoms with Gasteiger partial charge in [-0.15, -0.1) is 0 Å². The van der Waals surface area contributed by atoms with E-state index >= 15 is 0 Å². The van der Waals surface area contributed by atoms with Crippen LogP contribution in [0, 0.1) is 0 Å². The molecule has 1 heterocycles. The summed E-state index contributed by atoms with van der Waals surface area (Å²) < 4.78 is 27.2. The van der Waals surface area contributed by atoms with Crippen LogP contribution in [0.25, 0.3) is 11.5 Å². The van der Waals surface area contributed by atoms with Crippen molar-refractivity contribution in [2.75, 3.05) is 0 Å². The number of hydrogen-bond acceptors (Lipinski definition) is 4. The number of rotatable bonds is 2. The Bertz CT molecular complexity index is 563. The summed E-state index contributed by atoms with van der Waals surface area (Å²) in [4.78, 5) is 3.93. The topological polar surface area (TPSA) is 60.2 Å². The summed E-state index contributed by atoms with van der Waals surface area (Å²) in [6.07, 6.45) is 2.90. The first-order valence-electron chi connectivity index (χ1n) is 4.02. The fourth-order valence-electron chi connectivity index (χ4n) is 1.15. The molecule has 6 heteroatoms. The van der Waals surface area contributed by atoms with E-state index in [2.05, 4.69) is 4.98 Å². The number of nitrogens with zero attached hydrogens (tertiary/aromatic N) is 1. The zero-order valence-corrected chi connectivity index (χ0v) is 8.99. The Morgan fingerprint density at radius 2 is 2.13 bits per heavy atom. The van der Waals surface area contributed by atoms with Gasteiger partial charge in [0.15, 0.2) is 0 Å². The number of benzene rings is 1.